The van der Waals surface area contributed by atoms with Gasteiger partial charge in [-0.15, -0.1) is 0 Å². The van der Waals surface area contributed by atoms with Gasteiger partial charge in [0.25, 0.3) is 0 Å². The molecule has 1 fully saturated rings. The van der Waals surface area contributed by atoms with Gasteiger partial charge in [0.2, 0.25) is 0 Å². The van der Waals surface area contributed by atoms with Crippen LogP contribution >= 0.6 is 0 Å². The number of hydrogen-bond donors (Lipinski definition) is 0. The maximum Gasteiger partial charge on any atom is 0 e. The minimum atomic E-state index is 0. The zero-order valence-electron chi connectivity index (χ0n) is 8.14. The van der Waals surface area contributed by atoms with Gasteiger partial charge in [0, 0.05) is 32.7 Å². The molecule has 0 spiro atoms. The van der Waals surface area contributed by atoms with E-state index in [1.165, 1.54) is 25.9 Å². The van der Waals surface area contributed by atoms with Crippen molar-refractivity contribution in [3.8, 4) is 0 Å². The van der Waals surface area contributed by atoms with Crippen molar-refractivity contribution in [2.24, 2.45) is 5.92 Å². The van der Waals surface area contributed by atoms with Crippen LogP contribution in [0.5, 0.6) is 0 Å². The van der Waals surface area contributed by atoms with Gasteiger partial charge >= 0.3 is 0 Å². The molecule has 0 N–H and O–H groups in total. The van der Waals surface area contributed by atoms with Gasteiger partial charge in [-0.25, -0.2) is 0 Å². The van der Waals surface area contributed by atoms with Crippen LogP contribution in [-0.4, -0.2) is 18.0 Å². The summed E-state index contributed by atoms with van der Waals surface area (Å²) in [4.78, 5) is 2.16. The molecule has 0 saturated carbocycles. The van der Waals surface area contributed by atoms with Crippen molar-refractivity contribution < 1.29 is 32.7 Å². The first-order valence-electron chi connectivity index (χ1n) is 4.34. The molecule has 0 aliphatic carbocycles. The second-order valence-corrected chi connectivity index (χ2v) is 2.82. The van der Waals surface area contributed by atoms with Crippen molar-refractivity contribution in [1.82, 2.24) is 4.90 Å². The Balaban J connectivity index is 0. The Labute approximate surface area is 96.8 Å². The van der Waals surface area contributed by atoms with E-state index in [1.807, 2.05) is 13.8 Å². The Morgan fingerprint density at radius 2 is 1.91 bits per heavy atom. The maximum atomic E-state index is 3.88. The van der Waals surface area contributed by atoms with E-state index in [4.69, 9.17) is 0 Å². The summed E-state index contributed by atoms with van der Waals surface area (Å²) in [6, 6.07) is 0. The molecule has 0 amide bonds. The quantitative estimate of drug-likeness (QED) is 0.579. The van der Waals surface area contributed by atoms with E-state index in [-0.39, 0.29) is 32.7 Å². The number of nitrogens with zero attached hydrogens (tertiary/aromatic N) is 1. The fourth-order valence-corrected chi connectivity index (χ4v) is 1.29. The smallest absolute Gasteiger partial charge is 0 e. The van der Waals surface area contributed by atoms with Crippen LogP contribution in [0.2, 0.25) is 0 Å². The molecule has 1 rings (SSSR count). The maximum absolute atomic E-state index is 3.88. The SMILES string of the molecule is CC.[CH2-]N1CCCC(C)C1.[Y]. The van der Waals surface area contributed by atoms with Gasteiger partial charge in [-0.05, 0) is 31.8 Å². The van der Waals surface area contributed by atoms with Crippen LogP contribution in [-0.2, 0) is 32.7 Å². The van der Waals surface area contributed by atoms with Crippen LogP contribution in [0.15, 0.2) is 0 Å². The molecule has 1 heterocycles. The molecule has 0 aromatic heterocycles. The minimum Gasteiger partial charge on any atom is -0.459 e. The predicted octanol–water partition coefficient (Wildman–Crippen LogP) is 2.53. The van der Waals surface area contributed by atoms with E-state index in [0.29, 0.717) is 0 Å². The molecular weight excluding hydrogens is 211 g/mol. The standard InChI is InChI=1S/C7H14N.C2H6.Y/c1-7-4-3-5-8(2)6-7;1-2;/h7H,2-6H2,1H3;1-2H3;/q-1;;. The molecule has 65 valence electrons. The monoisotopic (exact) mass is 231 g/mol. The third kappa shape index (κ3) is 7.43. The van der Waals surface area contributed by atoms with Crippen molar-refractivity contribution in [2.45, 2.75) is 33.6 Å². The minimum absolute atomic E-state index is 0. The van der Waals surface area contributed by atoms with Crippen molar-refractivity contribution in [3.63, 3.8) is 0 Å². The zero-order chi connectivity index (χ0) is 7.98. The van der Waals surface area contributed by atoms with Gasteiger partial charge < -0.3 is 4.90 Å². The van der Waals surface area contributed by atoms with Gasteiger partial charge in [0.1, 0.15) is 0 Å². The Kier molecular flexibility index (Phi) is 12.1. The molecule has 1 unspecified atom stereocenters. The predicted molar refractivity (Wildman–Crippen MR) is 46.7 cm³/mol. The molecule has 1 saturated heterocycles. The molecular formula is C9H20NY-. The van der Waals surface area contributed by atoms with Crippen LogP contribution < -0.4 is 0 Å². The molecule has 0 aromatic carbocycles. The normalized spacial score (nSPS) is 24.5. The fraction of sp³-hybridized carbons (Fsp3) is 0.889. The van der Waals surface area contributed by atoms with E-state index >= 15 is 0 Å². The summed E-state index contributed by atoms with van der Waals surface area (Å²) in [6.45, 7) is 8.68. The third-order valence-electron chi connectivity index (χ3n) is 1.74. The zero-order valence-corrected chi connectivity index (χ0v) is 11.0. The van der Waals surface area contributed by atoms with E-state index in [2.05, 4.69) is 18.9 Å². The van der Waals surface area contributed by atoms with Crippen LogP contribution in [0.25, 0.3) is 0 Å². The van der Waals surface area contributed by atoms with E-state index in [9.17, 15) is 0 Å². The molecule has 1 aliphatic rings. The second-order valence-electron chi connectivity index (χ2n) is 2.82. The van der Waals surface area contributed by atoms with Gasteiger partial charge in [-0.1, -0.05) is 20.8 Å². The Morgan fingerprint density at radius 3 is 2.18 bits per heavy atom. The fourth-order valence-electron chi connectivity index (χ4n) is 1.29. The summed E-state index contributed by atoms with van der Waals surface area (Å²) < 4.78 is 0. The average Bonchev–Trinajstić information content (AvgIpc) is 1.91. The van der Waals surface area contributed by atoms with Gasteiger partial charge in [-0.3, -0.25) is 7.05 Å². The molecule has 11 heavy (non-hydrogen) atoms. The average molecular weight is 231 g/mol. The first-order chi connectivity index (χ1) is 4.79. The van der Waals surface area contributed by atoms with Gasteiger partial charge in [0.05, 0.1) is 0 Å². The number of likely N-dealkylation sites (tertiary alicyclic amines) is 1. The molecule has 1 radical (unpaired) electrons. The molecule has 0 bridgehead atoms. The molecule has 2 heteroatoms. The van der Waals surface area contributed by atoms with Crippen LogP contribution in [0.1, 0.15) is 33.6 Å². The Morgan fingerprint density at radius 1 is 1.36 bits per heavy atom. The molecule has 1 nitrogen and oxygen atoms in total. The topological polar surface area (TPSA) is 3.24 Å². The molecule has 1 aliphatic heterocycles. The van der Waals surface area contributed by atoms with E-state index in [1.54, 1.807) is 0 Å². The largest absolute Gasteiger partial charge is 0.459 e. The molecule has 1 atom stereocenters. The summed E-state index contributed by atoms with van der Waals surface area (Å²) >= 11 is 0. The van der Waals surface area contributed by atoms with E-state index in [0.717, 1.165) is 5.92 Å². The van der Waals surface area contributed by atoms with Gasteiger partial charge in [-0.2, -0.15) is 0 Å². The summed E-state index contributed by atoms with van der Waals surface area (Å²) in [5.41, 5.74) is 0. The van der Waals surface area contributed by atoms with Crippen molar-refractivity contribution in [2.75, 3.05) is 13.1 Å². The van der Waals surface area contributed by atoms with Crippen molar-refractivity contribution in [3.05, 3.63) is 7.05 Å². The summed E-state index contributed by atoms with van der Waals surface area (Å²) in [5, 5.41) is 0. The first kappa shape index (κ1) is 14.6. The first-order valence-corrected chi connectivity index (χ1v) is 4.34. The second kappa shape index (κ2) is 9.15. The Hall–Kier alpha value is 1.06. The number of piperidine rings is 1. The van der Waals surface area contributed by atoms with Crippen molar-refractivity contribution >= 4 is 0 Å². The Bertz CT molecular complexity index is 68.0. The van der Waals surface area contributed by atoms with E-state index < -0.39 is 0 Å². The summed E-state index contributed by atoms with van der Waals surface area (Å²) in [5.74, 6) is 0.876. The number of rotatable bonds is 0. The van der Waals surface area contributed by atoms with Crippen LogP contribution in [0.3, 0.4) is 0 Å². The van der Waals surface area contributed by atoms with Crippen molar-refractivity contribution in [1.29, 1.82) is 0 Å². The third-order valence-corrected chi connectivity index (χ3v) is 1.74. The number of hydrogen-bond acceptors (Lipinski definition) is 1. The van der Waals surface area contributed by atoms with Gasteiger partial charge in [0.15, 0.2) is 0 Å². The van der Waals surface area contributed by atoms with Crippen LogP contribution in [0.4, 0.5) is 0 Å². The summed E-state index contributed by atoms with van der Waals surface area (Å²) in [7, 11) is 3.88. The van der Waals surface area contributed by atoms with Crippen LogP contribution in [0, 0.1) is 13.0 Å². The summed E-state index contributed by atoms with van der Waals surface area (Å²) in [6.07, 6.45) is 2.73. The molecule has 0 aromatic rings.